The van der Waals surface area contributed by atoms with E-state index in [4.69, 9.17) is 4.74 Å². The maximum absolute atomic E-state index is 12.9. The Bertz CT molecular complexity index is 1140. The fourth-order valence-corrected chi connectivity index (χ4v) is 4.58. The van der Waals surface area contributed by atoms with Crippen molar-refractivity contribution in [2.75, 3.05) is 19.7 Å². The predicted octanol–water partition coefficient (Wildman–Crippen LogP) is 0.966. The van der Waals surface area contributed by atoms with Crippen molar-refractivity contribution in [3.05, 3.63) is 30.4 Å². The standard InChI is InChI=1S/C15H16F3N7O3S/c1-23-8-11(6-19-23)29(26,27)24-5-4-10(7-24)9-28-13-3-2-12-20-21-14(15(16,17)18)25(12)22-13/h2-3,6,8,10H,4-5,7,9H2,1H3. The lowest BCUT2D eigenvalue weighted by atomic mass is 10.1. The van der Waals surface area contributed by atoms with Crippen molar-refractivity contribution in [2.45, 2.75) is 17.5 Å². The maximum atomic E-state index is 12.9. The second kappa shape index (κ2) is 6.95. The molecule has 29 heavy (non-hydrogen) atoms. The van der Waals surface area contributed by atoms with Gasteiger partial charge in [0.2, 0.25) is 15.9 Å². The number of aromatic nitrogens is 6. The van der Waals surface area contributed by atoms with Gasteiger partial charge in [0.15, 0.2) is 5.65 Å². The number of rotatable bonds is 5. The van der Waals surface area contributed by atoms with Crippen LogP contribution in [0.15, 0.2) is 29.4 Å². The number of fused-ring (bicyclic) bond motifs is 1. The van der Waals surface area contributed by atoms with Gasteiger partial charge in [-0.05, 0) is 12.5 Å². The van der Waals surface area contributed by atoms with E-state index >= 15 is 0 Å². The topological polar surface area (TPSA) is 108 Å². The molecule has 156 valence electrons. The molecule has 3 aromatic rings. The highest BCUT2D eigenvalue weighted by atomic mass is 32.2. The van der Waals surface area contributed by atoms with Gasteiger partial charge >= 0.3 is 6.18 Å². The number of hydrogen-bond acceptors (Lipinski definition) is 7. The SMILES string of the molecule is Cn1cc(S(=O)(=O)N2CCC(COc3ccc4nnc(C(F)(F)F)n4n3)C2)cn1. The van der Waals surface area contributed by atoms with E-state index in [0.717, 1.165) is 0 Å². The Morgan fingerprint density at radius 2 is 2.07 bits per heavy atom. The quantitative estimate of drug-likeness (QED) is 0.592. The fraction of sp³-hybridized carbons (Fsp3) is 0.467. The Labute approximate surface area is 162 Å². The van der Waals surface area contributed by atoms with Gasteiger partial charge in [0, 0.05) is 38.3 Å². The third-order valence-electron chi connectivity index (χ3n) is 4.53. The summed E-state index contributed by atoms with van der Waals surface area (Å²) >= 11 is 0. The molecule has 1 aliphatic heterocycles. The Balaban J connectivity index is 1.43. The molecule has 1 aliphatic rings. The van der Waals surface area contributed by atoms with Crippen molar-refractivity contribution in [3.63, 3.8) is 0 Å². The molecule has 0 amide bonds. The number of ether oxygens (including phenoxy) is 1. The van der Waals surface area contributed by atoms with E-state index < -0.39 is 22.0 Å². The summed E-state index contributed by atoms with van der Waals surface area (Å²) in [6.07, 6.45) is -1.43. The minimum absolute atomic E-state index is 0.0311. The van der Waals surface area contributed by atoms with E-state index in [1.54, 1.807) is 7.05 Å². The van der Waals surface area contributed by atoms with Crippen LogP contribution in [0, 0.1) is 5.92 Å². The largest absolute Gasteiger partial charge is 0.476 e. The first-order chi connectivity index (χ1) is 13.6. The van der Waals surface area contributed by atoms with Crippen LogP contribution < -0.4 is 4.74 Å². The molecule has 4 heterocycles. The zero-order valence-electron chi connectivity index (χ0n) is 15.1. The molecule has 0 aromatic carbocycles. The Morgan fingerprint density at radius 3 is 2.76 bits per heavy atom. The molecule has 1 fully saturated rings. The van der Waals surface area contributed by atoms with Crippen LogP contribution in [-0.2, 0) is 23.2 Å². The molecular weight excluding hydrogens is 415 g/mol. The lowest BCUT2D eigenvalue weighted by molar-refractivity contribution is -0.146. The van der Waals surface area contributed by atoms with Gasteiger partial charge in [-0.3, -0.25) is 4.68 Å². The summed E-state index contributed by atoms with van der Waals surface area (Å²) in [7, 11) is -2.02. The van der Waals surface area contributed by atoms with E-state index in [2.05, 4.69) is 20.4 Å². The van der Waals surface area contributed by atoms with Gasteiger partial charge in [-0.15, -0.1) is 15.3 Å². The highest BCUT2D eigenvalue weighted by Crippen LogP contribution is 2.28. The van der Waals surface area contributed by atoms with Gasteiger partial charge < -0.3 is 4.74 Å². The van der Waals surface area contributed by atoms with Crippen molar-refractivity contribution >= 4 is 15.7 Å². The Hall–Kier alpha value is -2.74. The molecule has 10 nitrogen and oxygen atoms in total. The fourth-order valence-electron chi connectivity index (χ4n) is 3.06. The molecule has 0 N–H and O–H groups in total. The van der Waals surface area contributed by atoms with Crippen LogP contribution in [0.2, 0.25) is 0 Å². The van der Waals surface area contributed by atoms with Crippen LogP contribution in [-0.4, -0.2) is 62.0 Å². The first-order valence-corrected chi connectivity index (χ1v) is 10.00. The number of aryl methyl sites for hydroxylation is 1. The summed E-state index contributed by atoms with van der Waals surface area (Å²) in [5.41, 5.74) is -0.0562. The number of alkyl halides is 3. The number of halogens is 3. The molecule has 1 unspecified atom stereocenters. The molecule has 3 aromatic heterocycles. The van der Waals surface area contributed by atoms with Crippen LogP contribution in [0.4, 0.5) is 13.2 Å². The van der Waals surface area contributed by atoms with Crippen LogP contribution in [0.3, 0.4) is 0 Å². The van der Waals surface area contributed by atoms with Gasteiger partial charge in [0.25, 0.3) is 5.82 Å². The summed E-state index contributed by atoms with van der Waals surface area (Å²) in [5.74, 6) is -1.40. The summed E-state index contributed by atoms with van der Waals surface area (Å²) < 4.78 is 72.9. The van der Waals surface area contributed by atoms with Crippen LogP contribution >= 0.6 is 0 Å². The van der Waals surface area contributed by atoms with Crippen LogP contribution in [0.25, 0.3) is 5.65 Å². The zero-order valence-corrected chi connectivity index (χ0v) is 15.9. The third-order valence-corrected chi connectivity index (χ3v) is 6.34. The molecule has 1 saturated heterocycles. The first-order valence-electron chi connectivity index (χ1n) is 8.56. The van der Waals surface area contributed by atoms with E-state index in [0.29, 0.717) is 17.5 Å². The second-order valence-corrected chi connectivity index (χ2v) is 8.58. The van der Waals surface area contributed by atoms with E-state index in [-0.39, 0.29) is 35.5 Å². The molecule has 4 rings (SSSR count). The maximum Gasteiger partial charge on any atom is 0.453 e. The summed E-state index contributed by atoms with van der Waals surface area (Å²) in [6, 6.07) is 2.71. The molecule has 0 radical (unpaired) electrons. The van der Waals surface area contributed by atoms with Crippen molar-refractivity contribution < 1.29 is 26.3 Å². The summed E-state index contributed by atoms with van der Waals surface area (Å²) in [6.45, 7) is 0.669. The van der Waals surface area contributed by atoms with Gasteiger partial charge in [0.1, 0.15) is 4.90 Å². The van der Waals surface area contributed by atoms with Crippen molar-refractivity contribution in [1.82, 2.24) is 33.9 Å². The molecule has 14 heteroatoms. The van der Waals surface area contributed by atoms with Crippen molar-refractivity contribution in [2.24, 2.45) is 13.0 Å². The summed E-state index contributed by atoms with van der Waals surface area (Å²) in [5, 5.41) is 14.2. The minimum atomic E-state index is -4.70. The van der Waals surface area contributed by atoms with Crippen molar-refractivity contribution in [1.29, 1.82) is 0 Å². The van der Waals surface area contributed by atoms with Gasteiger partial charge in [-0.2, -0.15) is 27.1 Å². The summed E-state index contributed by atoms with van der Waals surface area (Å²) in [4.78, 5) is 0.112. The van der Waals surface area contributed by atoms with E-state index in [9.17, 15) is 21.6 Å². The highest BCUT2D eigenvalue weighted by molar-refractivity contribution is 7.89. The normalized spacial score (nSPS) is 18.6. The minimum Gasteiger partial charge on any atom is -0.476 e. The predicted molar refractivity (Wildman–Crippen MR) is 91.4 cm³/mol. The molecule has 1 atom stereocenters. The molecule has 0 saturated carbocycles. The molecule has 0 aliphatic carbocycles. The van der Waals surface area contributed by atoms with Gasteiger partial charge in [-0.1, -0.05) is 0 Å². The van der Waals surface area contributed by atoms with Crippen LogP contribution in [0.5, 0.6) is 5.88 Å². The third kappa shape index (κ3) is 3.76. The number of nitrogens with zero attached hydrogens (tertiary/aromatic N) is 7. The smallest absolute Gasteiger partial charge is 0.453 e. The van der Waals surface area contributed by atoms with Gasteiger partial charge in [0.05, 0.1) is 12.8 Å². The monoisotopic (exact) mass is 431 g/mol. The Kier molecular flexibility index (Phi) is 4.69. The zero-order chi connectivity index (χ0) is 20.8. The van der Waals surface area contributed by atoms with Gasteiger partial charge in [-0.25, -0.2) is 8.42 Å². The Morgan fingerprint density at radius 1 is 1.28 bits per heavy atom. The van der Waals surface area contributed by atoms with E-state index in [1.165, 1.54) is 33.5 Å². The van der Waals surface area contributed by atoms with Crippen molar-refractivity contribution in [3.8, 4) is 5.88 Å². The van der Waals surface area contributed by atoms with Crippen LogP contribution in [0.1, 0.15) is 12.2 Å². The van der Waals surface area contributed by atoms with E-state index in [1.807, 2.05) is 0 Å². The average molecular weight is 431 g/mol. The molecule has 0 spiro atoms. The second-order valence-electron chi connectivity index (χ2n) is 6.64. The lowest BCUT2D eigenvalue weighted by Gasteiger charge is -2.15. The number of sulfonamides is 1. The lowest BCUT2D eigenvalue weighted by Crippen LogP contribution is -2.29. The highest BCUT2D eigenvalue weighted by Gasteiger charge is 2.38. The molecule has 0 bridgehead atoms. The average Bonchev–Trinajstić information content (AvgIpc) is 3.38. The molecular formula is C15H16F3N7O3S. The first kappa shape index (κ1) is 19.6. The number of hydrogen-bond donors (Lipinski definition) is 0.